The number of pyridine rings is 1. The molecule has 0 saturated heterocycles. The lowest BCUT2D eigenvalue weighted by Crippen LogP contribution is -2.11. The average molecular weight is 267 g/mol. The van der Waals surface area contributed by atoms with Gasteiger partial charge in [0.15, 0.2) is 5.82 Å². The van der Waals surface area contributed by atoms with E-state index < -0.39 is 0 Å². The number of rotatable bonds is 4. The molecule has 1 N–H and O–H groups in total. The van der Waals surface area contributed by atoms with E-state index in [2.05, 4.69) is 15.8 Å². The molecule has 102 valence electrons. The van der Waals surface area contributed by atoms with E-state index in [0.717, 1.165) is 23.7 Å². The third-order valence-corrected chi connectivity index (χ3v) is 3.77. The van der Waals surface area contributed by atoms with Gasteiger partial charge in [-0.25, -0.2) is 9.67 Å². The summed E-state index contributed by atoms with van der Waals surface area (Å²) in [7, 11) is 1.95. The van der Waals surface area contributed by atoms with Gasteiger partial charge < -0.3 is 9.72 Å². The minimum absolute atomic E-state index is 0.668. The lowest BCUT2D eigenvalue weighted by Gasteiger charge is -2.04. The summed E-state index contributed by atoms with van der Waals surface area (Å²) < 4.78 is 4.03. The third kappa shape index (κ3) is 1.82. The van der Waals surface area contributed by atoms with E-state index in [-0.39, 0.29) is 0 Å². The molecule has 3 aromatic rings. The first kappa shape index (κ1) is 11.7. The molecule has 0 bridgehead atoms. The maximum atomic E-state index is 4.72. The molecule has 1 saturated carbocycles. The highest BCUT2D eigenvalue weighted by atomic mass is 15.3. The van der Waals surface area contributed by atoms with Gasteiger partial charge in [-0.05, 0) is 38.1 Å². The molecule has 3 heterocycles. The second kappa shape index (κ2) is 4.45. The van der Waals surface area contributed by atoms with Crippen molar-refractivity contribution in [2.24, 2.45) is 0 Å². The molecule has 5 nitrogen and oxygen atoms in total. The molecule has 5 heteroatoms. The number of fused-ring (bicyclic) bond motifs is 1. The average Bonchev–Trinajstić information content (AvgIpc) is 3.09. The van der Waals surface area contributed by atoms with Crippen molar-refractivity contribution in [1.29, 1.82) is 0 Å². The van der Waals surface area contributed by atoms with Crippen LogP contribution < -0.4 is 5.32 Å². The van der Waals surface area contributed by atoms with Gasteiger partial charge in [0.25, 0.3) is 0 Å². The van der Waals surface area contributed by atoms with Crippen molar-refractivity contribution in [3.8, 4) is 5.82 Å². The second-order valence-corrected chi connectivity index (χ2v) is 5.30. The number of nitrogens with one attached hydrogen (secondary N) is 1. The molecule has 0 atom stereocenters. The van der Waals surface area contributed by atoms with E-state index in [1.807, 2.05) is 42.3 Å². The van der Waals surface area contributed by atoms with Crippen LogP contribution >= 0.6 is 0 Å². The molecule has 20 heavy (non-hydrogen) atoms. The minimum atomic E-state index is 0.668. The van der Waals surface area contributed by atoms with Gasteiger partial charge in [0, 0.05) is 24.9 Å². The van der Waals surface area contributed by atoms with Crippen molar-refractivity contribution in [2.45, 2.75) is 25.3 Å². The van der Waals surface area contributed by atoms with Gasteiger partial charge >= 0.3 is 0 Å². The summed E-state index contributed by atoms with van der Waals surface area (Å²) in [5.41, 5.74) is 3.28. The van der Waals surface area contributed by atoms with Gasteiger partial charge in [-0.3, -0.25) is 0 Å². The molecular weight excluding hydrogens is 250 g/mol. The maximum Gasteiger partial charge on any atom is 0.176 e. The lowest BCUT2D eigenvalue weighted by atomic mass is 10.3. The van der Waals surface area contributed by atoms with Crippen LogP contribution in [0.1, 0.15) is 30.1 Å². The molecule has 0 radical (unpaired) electrons. The number of hydrogen-bond donors (Lipinski definition) is 1. The van der Waals surface area contributed by atoms with Gasteiger partial charge in [-0.2, -0.15) is 5.10 Å². The molecule has 0 amide bonds. The van der Waals surface area contributed by atoms with Gasteiger partial charge in [-0.15, -0.1) is 0 Å². The summed E-state index contributed by atoms with van der Waals surface area (Å²) in [6.07, 6.45) is 6.61. The Morgan fingerprint density at radius 3 is 2.95 bits per heavy atom. The van der Waals surface area contributed by atoms with E-state index in [1.54, 1.807) is 0 Å². The first-order chi connectivity index (χ1) is 9.86. The molecule has 1 fully saturated rings. The normalized spacial score (nSPS) is 15.1. The molecule has 0 aromatic carbocycles. The Bertz CT molecular complexity index is 751. The van der Waals surface area contributed by atoms with Crippen molar-refractivity contribution in [1.82, 2.24) is 24.5 Å². The topological polar surface area (TPSA) is 47.2 Å². The molecule has 3 aromatic heterocycles. The smallest absolute Gasteiger partial charge is 0.176 e. The van der Waals surface area contributed by atoms with Crippen LogP contribution in [0, 0.1) is 0 Å². The number of aromatic nitrogens is 4. The van der Waals surface area contributed by atoms with Crippen molar-refractivity contribution < 1.29 is 0 Å². The molecule has 0 aliphatic heterocycles. The van der Waals surface area contributed by atoms with Crippen LogP contribution in [0.15, 0.2) is 36.7 Å². The lowest BCUT2D eigenvalue weighted by molar-refractivity contribution is 0.748. The zero-order chi connectivity index (χ0) is 13.5. The largest absolute Gasteiger partial charge is 0.314 e. The maximum absolute atomic E-state index is 4.72. The molecule has 4 rings (SSSR count). The fraction of sp³-hybridized carbons (Fsp3) is 0.333. The van der Waals surface area contributed by atoms with Crippen molar-refractivity contribution in [3.63, 3.8) is 0 Å². The molecule has 1 aliphatic rings. The predicted molar refractivity (Wildman–Crippen MR) is 77.1 cm³/mol. The zero-order valence-corrected chi connectivity index (χ0v) is 11.5. The van der Waals surface area contributed by atoms with Crippen LogP contribution in [-0.2, 0) is 6.54 Å². The van der Waals surface area contributed by atoms with Crippen LogP contribution in [0.2, 0.25) is 0 Å². The Kier molecular flexibility index (Phi) is 2.60. The summed E-state index contributed by atoms with van der Waals surface area (Å²) in [5, 5.41) is 7.91. The van der Waals surface area contributed by atoms with Gasteiger partial charge in [0.2, 0.25) is 0 Å². The monoisotopic (exact) mass is 267 g/mol. The van der Waals surface area contributed by atoms with E-state index in [0.29, 0.717) is 5.92 Å². The summed E-state index contributed by atoms with van der Waals surface area (Å²) in [4.78, 5) is 4.72. The fourth-order valence-corrected chi connectivity index (χ4v) is 2.60. The number of imidazole rings is 1. The fourth-order valence-electron chi connectivity index (χ4n) is 2.60. The van der Waals surface area contributed by atoms with E-state index in [4.69, 9.17) is 10.1 Å². The number of nitrogens with zero attached hydrogens (tertiary/aromatic N) is 4. The van der Waals surface area contributed by atoms with Crippen LogP contribution in [0.5, 0.6) is 0 Å². The molecular formula is C15H17N5. The van der Waals surface area contributed by atoms with Gasteiger partial charge in [0.1, 0.15) is 5.65 Å². The standard InChI is InChI=1S/C15H17N5/c1-16-10-13-15(17-14-4-2-3-8-19(13)14)20-9-7-12(18-20)11-5-6-11/h2-4,7-9,11,16H,5-6,10H2,1H3. The summed E-state index contributed by atoms with van der Waals surface area (Å²) in [6.45, 7) is 0.763. The SMILES string of the molecule is CNCc1c(-n2ccc(C3CC3)n2)nc2ccccn12. The van der Waals surface area contributed by atoms with E-state index in [9.17, 15) is 0 Å². The van der Waals surface area contributed by atoms with Crippen LogP contribution in [0.4, 0.5) is 0 Å². The van der Waals surface area contributed by atoms with Crippen LogP contribution in [-0.4, -0.2) is 26.2 Å². The second-order valence-electron chi connectivity index (χ2n) is 5.30. The predicted octanol–water partition coefficient (Wildman–Crippen LogP) is 2.12. The molecule has 0 spiro atoms. The Hall–Kier alpha value is -2.14. The Labute approximate surface area is 117 Å². The van der Waals surface area contributed by atoms with Gasteiger partial charge in [-0.1, -0.05) is 6.07 Å². The number of hydrogen-bond acceptors (Lipinski definition) is 3. The Morgan fingerprint density at radius 2 is 2.15 bits per heavy atom. The molecule has 1 aliphatic carbocycles. The third-order valence-electron chi connectivity index (χ3n) is 3.77. The van der Waals surface area contributed by atoms with E-state index >= 15 is 0 Å². The summed E-state index contributed by atoms with van der Waals surface area (Å²) in [6, 6.07) is 8.17. The highest BCUT2D eigenvalue weighted by molar-refractivity contribution is 5.48. The quantitative estimate of drug-likeness (QED) is 0.787. The van der Waals surface area contributed by atoms with E-state index in [1.165, 1.54) is 18.5 Å². The minimum Gasteiger partial charge on any atom is -0.314 e. The highest BCUT2D eigenvalue weighted by Gasteiger charge is 2.26. The summed E-state index contributed by atoms with van der Waals surface area (Å²) in [5.74, 6) is 1.58. The Morgan fingerprint density at radius 1 is 1.25 bits per heavy atom. The highest BCUT2D eigenvalue weighted by Crippen LogP contribution is 2.39. The first-order valence-corrected chi connectivity index (χ1v) is 7.03. The zero-order valence-electron chi connectivity index (χ0n) is 11.5. The van der Waals surface area contributed by atoms with Crippen molar-refractivity contribution in [3.05, 3.63) is 48.0 Å². The Balaban J connectivity index is 1.85. The summed E-state index contributed by atoms with van der Waals surface area (Å²) >= 11 is 0. The molecule has 0 unspecified atom stereocenters. The van der Waals surface area contributed by atoms with Crippen LogP contribution in [0.25, 0.3) is 11.5 Å². The van der Waals surface area contributed by atoms with Crippen LogP contribution in [0.3, 0.4) is 0 Å². The first-order valence-electron chi connectivity index (χ1n) is 7.03. The van der Waals surface area contributed by atoms with Crippen molar-refractivity contribution >= 4 is 5.65 Å². The van der Waals surface area contributed by atoms with Gasteiger partial charge in [0.05, 0.1) is 11.4 Å². The van der Waals surface area contributed by atoms with Crippen molar-refractivity contribution in [2.75, 3.05) is 7.05 Å².